The Morgan fingerprint density at radius 3 is 2.70 bits per heavy atom. The van der Waals surface area contributed by atoms with E-state index in [-0.39, 0.29) is 23.8 Å². The Balaban J connectivity index is 1.40. The molecule has 0 unspecified atom stereocenters. The topological polar surface area (TPSA) is 92.7 Å². The highest BCUT2D eigenvalue weighted by Crippen LogP contribution is 2.40. The third-order valence-electron chi connectivity index (χ3n) is 5.16. The van der Waals surface area contributed by atoms with Crippen molar-refractivity contribution in [3.63, 3.8) is 0 Å². The van der Waals surface area contributed by atoms with E-state index in [1.54, 1.807) is 0 Å². The van der Waals surface area contributed by atoms with E-state index in [0.717, 1.165) is 35.1 Å². The molecule has 0 saturated heterocycles. The third-order valence-corrected chi connectivity index (χ3v) is 6.13. The number of aromatic amines is 1. The Morgan fingerprint density at radius 2 is 2.00 bits per heavy atom. The lowest BCUT2D eigenvalue weighted by molar-refractivity contribution is -0.118. The number of amides is 1. The van der Waals surface area contributed by atoms with Crippen molar-refractivity contribution in [2.45, 2.75) is 50.9 Å². The number of pyridine rings is 1. The molecule has 1 aromatic carbocycles. The van der Waals surface area contributed by atoms with Gasteiger partial charge in [0.15, 0.2) is 5.16 Å². The summed E-state index contributed by atoms with van der Waals surface area (Å²) in [6.45, 7) is 4.63. The highest BCUT2D eigenvalue weighted by Gasteiger charge is 2.30. The molecule has 1 aliphatic carbocycles. The molecule has 1 aliphatic rings. The van der Waals surface area contributed by atoms with Gasteiger partial charge in [0.2, 0.25) is 5.91 Å². The average Bonchev–Trinajstić information content (AvgIpc) is 3.48. The van der Waals surface area contributed by atoms with Gasteiger partial charge < -0.3 is 14.9 Å². The number of aryl methyl sites for hydroxylation is 2. The molecule has 1 saturated carbocycles. The van der Waals surface area contributed by atoms with Crippen molar-refractivity contribution in [2.24, 2.45) is 0 Å². The Bertz CT molecular complexity index is 1100. The van der Waals surface area contributed by atoms with Crippen LogP contribution in [0.15, 0.2) is 46.3 Å². The minimum atomic E-state index is -0.155. The zero-order chi connectivity index (χ0) is 21.1. The molecule has 0 atom stereocenters. The van der Waals surface area contributed by atoms with Gasteiger partial charge in [-0.05, 0) is 43.9 Å². The van der Waals surface area contributed by atoms with Gasteiger partial charge in [-0.3, -0.25) is 9.59 Å². The van der Waals surface area contributed by atoms with E-state index in [1.807, 2.05) is 38.1 Å². The molecule has 1 amide bonds. The molecule has 8 heteroatoms. The first kappa shape index (κ1) is 20.4. The smallest absolute Gasteiger partial charge is 0.253 e. The number of carbonyl (C=O) groups is 1. The summed E-state index contributed by atoms with van der Waals surface area (Å²) in [7, 11) is 0. The lowest BCUT2D eigenvalue weighted by Crippen LogP contribution is -2.29. The van der Waals surface area contributed by atoms with E-state index in [9.17, 15) is 9.59 Å². The molecule has 7 nitrogen and oxygen atoms in total. The molecule has 4 rings (SSSR count). The number of thioether (sulfide) groups is 1. The molecule has 2 heterocycles. The van der Waals surface area contributed by atoms with Crippen LogP contribution in [-0.2, 0) is 17.9 Å². The summed E-state index contributed by atoms with van der Waals surface area (Å²) in [5, 5.41) is 12.3. The zero-order valence-corrected chi connectivity index (χ0v) is 18.0. The highest BCUT2D eigenvalue weighted by molar-refractivity contribution is 7.99. The standard InChI is InChI=1S/C22H25N5O2S/c1-14-10-15(2)24-21(29)18(14)11-23-19(28)13-30-22-26-25-20(17-8-9-17)27(22)12-16-6-4-3-5-7-16/h3-7,10,17H,8-9,11-13H2,1-2H3,(H,23,28)(H,24,29). The van der Waals surface area contributed by atoms with Gasteiger partial charge in [-0.2, -0.15) is 0 Å². The van der Waals surface area contributed by atoms with Crippen molar-refractivity contribution in [1.29, 1.82) is 0 Å². The van der Waals surface area contributed by atoms with Gasteiger partial charge in [-0.25, -0.2) is 0 Å². The number of carbonyl (C=O) groups excluding carboxylic acids is 1. The van der Waals surface area contributed by atoms with Gasteiger partial charge in [0, 0.05) is 23.7 Å². The number of aromatic nitrogens is 4. The van der Waals surface area contributed by atoms with Crippen molar-refractivity contribution in [3.05, 3.63) is 75.0 Å². The predicted molar refractivity (Wildman–Crippen MR) is 117 cm³/mol. The van der Waals surface area contributed by atoms with Gasteiger partial charge in [-0.15, -0.1) is 10.2 Å². The first-order valence-electron chi connectivity index (χ1n) is 10.1. The summed E-state index contributed by atoms with van der Waals surface area (Å²) >= 11 is 1.38. The summed E-state index contributed by atoms with van der Waals surface area (Å²) in [6, 6.07) is 12.1. The number of hydrogen-bond donors (Lipinski definition) is 2. The van der Waals surface area contributed by atoms with Gasteiger partial charge in [-0.1, -0.05) is 42.1 Å². The molecule has 1 fully saturated rings. The largest absolute Gasteiger partial charge is 0.351 e. The van der Waals surface area contributed by atoms with E-state index >= 15 is 0 Å². The van der Waals surface area contributed by atoms with Crippen LogP contribution >= 0.6 is 11.8 Å². The van der Waals surface area contributed by atoms with Crippen LogP contribution < -0.4 is 10.9 Å². The van der Waals surface area contributed by atoms with Crippen molar-refractivity contribution >= 4 is 17.7 Å². The fraction of sp³-hybridized carbons (Fsp3) is 0.364. The molecule has 156 valence electrons. The van der Waals surface area contributed by atoms with E-state index in [2.05, 4.69) is 37.2 Å². The van der Waals surface area contributed by atoms with E-state index in [4.69, 9.17) is 0 Å². The normalized spacial score (nSPS) is 13.4. The van der Waals surface area contributed by atoms with Crippen LogP contribution in [0.1, 0.15) is 47.0 Å². The lowest BCUT2D eigenvalue weighted by atomic mass is 10.1. The number of rotatable bonds is 8. The van der Waals surface area contributed by atoms with Gasteiger partial charge >= 0.3 is 0 Å². The molecule has 30 heavy (non-hydrogen) atoms. The summed E-state index contributed by atoms with van der Waals surface area (Å²) in [4.78, 5) is 27.3. The van der Waals surface area contributed by atoms with Crippen molar-refractivity contribution in [1.82, 2.24) is 25.1 Å². The fourth-order valence-electron chi connectivity index (χ4n) is 3.43. The fourth-order valence-corrected chi connectivity index (χ4v) is 4.21. The molecule has 2 N–H and O–H groups in total. The van der Waals surface area contributed by atoms with Crippen LogP contribution in [-0.4, -0.2) is 31.4 Å². The Morgan fingerprint density at radius 1 is 1.23 bits per heavy atom. The average molecular weight is 424 g/mol. The Labute approximate surface area is 179 Å². The highest BCUT2D eigenvalue weighted by atomic mass is 32.2. The second-order valence-electron chi connectivity index (χ2n) is 7.70. The summed E-state index contributed by atoms with van der Waals surface area (Å²) in [5.41, 5.74) is 3.30. The maximum absolute atomic E-state index is 12.4. The molecular weight excluding hydrogens is 398 g/mol. The Hall–Kier alpha value is -2.87. The maximum Gasteiger partial charge on any atom is 0.253 e. The first-order valence-corrected chi connectivity index (χ1v) is 11.1. The number of hydrogen-bond acceptors (Lipinski definition) is 5. The third kappa shape index (κ3) is 4.81. The van der Waals surface area contributed by atoms with E-state index in [1.165, 1.54) is 17.3 Å². The minimum Gasteiger partial charge on any atom is -0.351 e. The second kappa shape index (κ2) is 8.87. The SMILES string of the molecule is Cc1cc(C)c(CNC(=O)CSc2nnc(C3CC3)n2Cc2ccccc2)c(=O)[nH]1. The quantitative estimate of drug-likeness (QED) is 0.544. The second-order valence-corrected chi connectivity index (χ2v) is 8.64. The van der Waals surface area contributed by atoms with Crippen LogP contribution in [0, 0.1) is 13.8 Å². The van der Waals surface area contributed by atoms with Gasteiger partial charge in [0.25, 0.3) is 5.56 Å². The summed E-state index contributed by atoms with van der Waals surface area (Å²) in [5.74, 6) is 1.56. The van der Waals surface area contributed by atoms with Crippen LogP contribution in [0.2, 0.25) is 0 Å². The molecule has 0 radical (unpaired) electrons. The predicted octanol–water partition coefficient (Wildman–Crippen LogP) is 2.92. The van der Waals surface area contributed by atoms with Crippen molar-refractivity contribution < 1.29 is 4.79 Å². The Kier molecular flexibility index (Phi) is 6.03. The van der Waals surface area contributed by atoms with Crippen molar-refractivity contribution in [2.75, 3.05) is 5.75 Å². The monoisotopic (exact) mass is 423 g/mol. The minimum absolute atomic E-state index is 0.137. The number of H-pyrrole nitrogens is 1. The molecule has 3 aromatic rings. The zero-order valence-electron chi connectivity index (χ0n) is 17.1. The first-order chi connectivity index (χ1) is 14.5. The summed E-state index contributed by atoms with van der Waals surface area (Å²) in [6.07, 6.45) is 2.28. The summed E-state index contributed by atoms with van der Waals surface area (Å²) < 4.78 is 2.12. The lowest BCUT2D eigenvalue weighted by Gasteiger charge is -2.10. The number of nitrogens with zero attached hydrogens (tertiary/aromatic N) is 3. The van der Waals surface area contributed by atoms with Crippen LogP contribution in [0.3, 0.4) is 0 Å². The van der Waals surface area contributed by atoms with Crippen LogP contribution in [0.4, 0.5) is 0 Å². The molecule has 0 spiro atoms. The number of nitrogens with one attached hydrogen (secondary N) is 2. The van der Waals surface area contributed by atoms with Crippen molar-refractivity contribution in [3.8, 4) is 0 Å². The maximum atomic E-state index is 12.4. The van der Waals surface area contributed by atoms with Gasteiger partial charge in [0.05, 0.1) is 12.3 Å². The molecule has 0 aliphatic heterocycles. The molecule has 0 bridgehead atoms. The number of benzene rings is 1. The van der Waals surface area contributed by atoms with E-state index < -0.39 is 0 Å². The van der Waals surface area contributed by atoms with Crippen LogP contribution in [0.5, 0.6) is 0 Å². The van der Waals surface area contributed by atoms with Gasteiger partial charge in [0.1, 0.15) is 5.82 Å². The molecular formula is C22H25N5O2S. The van der Waals surface area contributed by atoms with E-state index in [0.29, 0.717) is 18.0 Å². The van der Waals surface area contributed by atoms with Crippen LogP contribution in [0.25, 0.3) is 0 Å². The molecule has 2 aromatic heterocycles.